The van der Waals surface area contributed by atoms with Crippen LogP contribution in [0.2, 0.25) is 0 Å². The van der Waals surface area contributed by atoms with E-state index in [2.05, 4.69) is 9.88 Å². The summed E-state index contributed by atoms with van der Waals surface area (Å²) in [6.07, 6.45) is 0. The fourth-order valence-electron chi connectivity index (χ4n) is 3.00. The largest absolute Gasteiger partial charge is 0.367 e. The van der Waals surface area contributed by atoms with Crippen LogP contribution in [0.15, 0.2) is 30.3 Å². The van der Waals surface area contributed by atoms with Gasteiger partial charge in [-0.25, -0.2) is 4.57 Å². The van der Waals surface area contributed by atoms with Crippen LogP contribution in [0.3, 0.4) is 0 Å². The second kappa shape index (κ2) is 7.02. The molecule has 2 heterocycles. The lowest BCUT2D eigenvalue weighted by Crippen LogP contribution is -2.44. The first-order valence-electron chi connectivity index (χ1n) is 8.20. The van der Waals surface area contributed by atoms with Crippen molar-refractivity contribution in [3.63, 3.8) is 0 Å². The predicted octanol–water partition coefficient (Wildman–Crippen LogP) is 1.73. The molecule has 2 aromatic rings. The molecule has 0 bridgehead atoms. The summed E-state index contributed by atoms with van der Waals surface area (Å²) in [4.78, 5) is 32.2. The Bertz CT molecular complexity index is 779. The number of benzene rings is 1. The summed E-state index contributed by atoms with van der Waals surface area (Å²) in [5.74, 6) is 0.557. The number of aryl methyl sites for hydroxylation is 1. The van der Waals surface area contributed by atoms with E-state index in [9.17, 15) is 14.9 Å². The summed E-state index contributed by atoms with van der Waals surface area (Å²) in [6, 6.07) is 8.80. The van der Waals surface area contributed by atoms with Crippen molar-refractivity contribution in [1.82, 2.24) is 14.5 Å². The second-order valence-corrected chi connectivity index (χ2v) is 6.23. The third-order valence-corrected chi connectivity index (χ3v) is 4.49. The van der Waals surface area contributed by atoms with Crippen molar-refractivity contribution in [2.75, 3.05) is 38.1 Å². The molecule has 0 unspecified atom stereocenters. The number of rotatable bonds is 5. The van der Waals surface area contributed by atoms with Crippen LogP contribution in [0.5, 0.6) is 0 Å². The van der Waals surface area contributed by atoms with Crippen molar-refractivity contribution >= 4 is 17.4 Å². The van der Waals surface area contributed by atoms with Gasteiger partial charge in [-0.05, 0) is 12.0 Å². The Balaban J connectivity index is 1.91. The molecule has 0 saturated carbocycles. The van der Waals surface area contributed by atoms with Crippen LogP contribution < -0.4 is 4.90 Å². The van der Waals surface area contributed by atoms with E-state index >= 15 is 0 Å². The average Bonchev–Trinajstić information content (AvgIpc) is 2.93. The summed E-state index contributed by atoms with van der Waals surface area (Å²) in [5.41, 5.74) is 0.533. The van der Waals surface area contributed by atoms with Gasteiger partial charge in [0.2, 0.25) is 11.6 Å². The Morgan fingerprint density at radius 2 is 1.84 bits per heavy atom. The third-order valence-electron chi connectivity index (χ3n) is 4.49. The maximum Gasteiger partial charge on any atom is 0.367 e. The van der Waals surface area contributed by atoms with Gasteiger partial charge in [0.1, 0.15) is 0 Å². The number of carbonyl (C=O) groups is 1. The van der Waals surface area contributed by atoms with Crippen LogP contribution in [-0.2, 0) is 6.54 Å². The molecule has 0 N–H and O–H groups in total. The number of hydrogen-bond acceptors (Lipinski definition) is 6. The molecular formula is C17H21N5O3. The van der Waals surface area contributed by atoms with Gasteiger partial charge in [-0.3, -0.25) is 4.79 Å². The molecule has 0 atom stereocenters. The SMILES string of the molecule is Cc1nc(N2CCN(C)CC2)c([N+](=O)[O-])n1CC(=O)c1ccccc1. The highest BCUT2D eigenvalue weighted by Crippen LogP contribution is 2.30. The van der Waals surface area contributed by atoms with Crippen LogP contribution in [0, 0.1) is 17.0 Å². The van der Waals surface area contributed by atoms with Crippen LogP contribution in [0.1, 0.15) is 16.2 Å². The third kappa shape index (κ3) is 3.53. The molecule has 0 spiro atoms. The van der Waals surface area contributed by atoms with Gasteiger partial charge in [0.25, 0.3) is 0 Å². The molecule has 8 nitrogen and oxygen atoms in total. The predicted molar refractivity (Wildman–Crippen MR) is 94.1 cm³/mol. The molecule has 1 aromatic heterocycles. The number of piperazine rings is 1. The molecule has 1 saturated heterocycles. The van der Waals surface area contributed by atoms with Gasteiger partial charge in [0, 0.05) is 38.7 Å². The number of nitrogens with zero attached hydrogens (tertiary/aromatic N) is 5. The van der Waals surface area contributed by atoms with E-state index in [1.807, 2.05) is 18.0 Å². The van der Waals surface area contributed by atoms with Gasteiger partial charge in [-0.15, -0.1) is 0 Å². The minimum atomic E-state index is -0.439. The molecule has 0 amide bonds. The molecule has 1 aliphatic rings. The van der Waals surface area contributed by atoms with E-state index in [0.717, 1.165) is 13.1 Å². The molecule has 132 valence electrons. The molecule has 0 radical (unpaired) electrons. The van der Waals surface area contributed by atoms with Crippen molar-refractivity contribution in [3.8, 4) is 0 Å². The number of Topliss-reactive ketones (excluding diaryl/α,β-unsaturated/α-hetero) is 1. The Morgan fingerprint density at radius 1 is 1.20 bits per heavy atom. The highest BCUT2D eigenvalue weighted by Gasteiger charge is 2.31. The Hall–Kier alpha value is -2.74. The van der Waals surface area contributed by atoms with Gasteiger partial charge in [0.05, 0.1) is 0 Å². The van der Waals surface area contributed by atoms with Crippen molar-refractivity contribution in [2.45, 2.75) is 13.5 Å². The highest BCUT2D eigenvalue weighted by molar-refractivity contribution is 5.96. The van der Waals surface area contributed by atoms with Crippen LogP contribution in [0.4, 0.5) is 11.6 Å². The van der Waals surface area contributed by atoms with E-state index in [-0.39, 0.29) is 18.1 Å². The number of hydrogen-bond donors (Lipinski definition) is 0. The minimum absolute atomic E-state index is 0.0904. The quantitative estimate of drug-likeness (QED) is 0.467. The zero-order chi connectivity index (χ0) is 18.0. The number of ketones is 1. The number of nitro groups is 1. The monoisotopic (exact) mass is 343 g/mol. The average molecular weight is 343 g/mol. The van der Waals surface area contributed by atoms with Crippen molar-refractivity contribution in [1.29, 1.82) is 0 Å². The van der Waals surface area contributed by atoms with Gasteiger partial charge >= 0.3 is 5.82 Å². The molecule has 1 aliphatic heterocycles. The summed E-state index contributed by atoms with van der Waals surface area (Å²) in [6.45, 7) is 4.62. The smallest absolute Gasteiger partial charge is 0.358 e. The van der Waals surface area contributed by atoms with E-state index in [4.69, 9.17) is 0 Å². The lowest BCUT2D eigenvalue weighted by atomic mass is 10.1. The van der Waals surface area contributed by atoms with Crippen LogP contribution in [-0.4, -0.2) is 58.4 Å². The van der Waals surface area contributed by atoms with E-state index in [1.165, 1.54) is 4.57 Å². The highest BCUT2D eigenvalue weighted by atomic mass is 16.6. The normalized spacial score (nSPS) is 15.4. The number of likely N-dealkylation sites (N-methyl/N-ethyl adjacent to an activating group) is 1. The van der Waals surface area contributed by atoms with Crippen molar-refractivity contribution in [2.24, 2.45) is 0 Å². The van der Waals surface area contributed by atoms with Crippen molar-refractivity contribution < 1.29 is 9.72 Å². The lowest BCUT2D eigenvalue weighted by Gasteiger charge is -2.32. The number of aromatic nitrogens is 2. The summed E-state index contributed by atoms with van der Waals surface area (Å²) in [7, 11) is 2.02. The summed E-state index contributed by atoms with van der Waals surface area (Å²) in [5, 5.41) is 11.7. The molecule has 1 aromatic carbocycles. The molecule has 25 heavy (non-hydrogen) atoms. The standard InChI is InChI=1S/C17H21N5O3/c1-13-18-16(20-10-8-19(2)9-11-20)17(22(24)25)21(13)12-15(23)14-6-4-3-5-7-14/h3-7H,8-12H2,1-2H3. The van der Waals surface area contributed by atoms with Crippen LogP contribution in [0.25, 0.3) is 0 Å². The lowest BCUT2D eigenvalue weighted by molar-refractivity contribution is -0.391. The summed E-state index contributed by atoms with van der Waals surface area (Å²) >= 11 is 0. The van der Waals surface area contributed by atoms with Gasteiger partial charge in [-0.2, -0.15) is 4.98 Å². The van der Waals surface area contributed by atoms with E-state index < -0.39 is 4.92 Å². The first kappa shape index (κ1) is 17.1. The van der Waals surface area contributed by atoms with Gasteiger partial charge in [-0.1, -0.05) is 30.3 Å². The number of imidazole rings is 1. The summed E-state index contributed by atoms with van der Waals surface area (Å²) < 4.78 is 1.41. The fraction of sp³-hybridized carbons (Fsp3) is 0.412. The second-order valence-electron chi connectivity index (χ2n) is 6.23. The molecule has 8 heteroatoms. The number of anilines is 1. The zero-order valence-corrected chi connectivity index (χ0v) is 14.4. The first-order valence-corrected chi connectivity index (χ1v) is 8.20. The maximum absolute atomic E-state index is 12.5. The number of carbonyl (C=O) groups excluding carboxylic acids is 1. The Labute approximate surface area is 145 Å². The minimum Gasteiger partial charge on any atom is -0.358 e. The topological polar surface area (TPSA) is 84.5 Å². The first-order chi connectivity index (χ1) is 12.0. The fourth-order valence-corrected chi connectivity index (χ4v) is 3.00. The van der Waals surface area contributed by atoms with E-state index in [0.29, 0.717) is 30.3 Å². The molecule has 0 aliphatic carbocycles. The van der Waals surface area contributed by atoms with Gasteiger partial charge in [0.15, 0.2) is 12.4 Å². The van der Waals surface area contributed by atoms with Crippen molar-refractivity contribution in [3.05, 3.63) is 51.8 Å². The van der Waals surface area contributed by atoms with Gasteiger partial charge < -0.3 is 19.9 Å². The Kier molecular flexibility index (Phi) is 4.80. The molecule has 3 rings (SSSR count). The molecular weight excluding hydrogens is 322 g/mol. The zero-order valence-electron chi connectivity index (χ0n) is 14.4. The Morgan fingerprint density at radius 3 is 2.44 bits per heavy atom. The van der Waals surface area contributed by atoms with Crippen LogP contribution >= 0.6 is 0 Å². The molecule has 1 fully saturated rings. The maximum atomic E-state index is 12.5. The van der Waals surface area contributed by atoms with E-state index in [1.54, 1.807) is 31.2 Å².